The van der Waals surface area contributed by atoms with Crippen LogP contribution in [0.25, 0.3) is 0 Å². The molecule has 0 spiro atoms. The predicted octanol–water partition coefficient (Wildman–Crippen LogP) is 0.348. The molecule has 0 atom stereocenters. The maximum absolute atomic E-state index is 11.7. The van der Waals surface area contributed by atoms with Crippen molar-refractivity contribution in [1.29, 1.82) is 0 Å². The van der Waals surface area contributed by atoms with E-state index in [1.807, 2.05) is 39.8 Å². The number of esters is 1. The predicted molar refractivity (Wildman–Crippen MR) is 64.5 cm³/mol. The highest BCUT2D eigenvalue weighted by atomic mass is 16.6. The first-order chi connectivity index (χ1) is 7.69. The average molecular weight is 242 g/mol. The number of amides is 1. The zero-order valence-corrected chi connectivity index (χ0v) is 11.3. The average Bonchev–Trinajstić information content (AvgIpc) is 1.94. The second-order valence-corrected chi connectivity index (χ2v) is 5.77. The van der Waals surface area contributed by atoms with Crippen molar-refractivity contribution in [3.63, 3.8) is 0 Å². The molecule has 0 unspecified atom stereocenters. The van der Waals surface area contributed by atoms with Gasteiger partial charge in [-0.2, -0.15) is 0 Å². The maximum atomic E-state index is 11.7. The molecule has 0 saturated carbocycles. The lowest BCUT2D eigenvalue weighted by Crippen LogP contribution is -2.56. The number of likely N-dealkylation sites (N-methyl/N-ethyl adjacent to an activating group) is 1. The van der Waals surface area contributed by atoms with E-state index in [4.69, 9.17) is 4.74 Å². The third kappa shape index (κ3) is 4.34. The van der Waals surface area contributed by atoms with Crippen LogP contribution in [0.4, 0.5) is 0 Å². The first-order valence-electron chi connectivity index (χ1n) is 5.84. The van der Waals surface area contributed by atoms with E-state index in [9.17, 15) is 9.59 Å². The normalized spacial score (nSPS) is 16.9. The van der Waals surface area contributed by atoms with Crippen LogP contribution in [0.5, 0.6) is 0 Å². The topological polar surface area (TPSA) is 49.9 Å². The Morgan fingerprint density at radius 3 is 2.24 bits per heavy atom. The Morgan fingerprint density at radius 2 is 1.82 bits per heavy atom. The Hall–Kier alpha value is -1.10. The molecule has 0 aromatic rings. The fourth-order valence-corrected chi connectivity index (χ4v) is 1.59. The molecule has 1 fully saturated rings. The number of hydrogen-bond acceptors (Lipinski definition) is 4. The van der Waals surface area contributed by atoms with Crippen LogP contribution < -0.4 is 0 Å². The zero-order valence-electron chi connectivity index (χ0n) is 11.3. The molecule has 0 aromatic carbocycles. The minimum absolute atomic E-state index is 0.0646. The van der Waals surface area contributed by atoms with Gasteiger partial charge in [0.05, 0.1) is 12.5 Å². The van der Waals surface area contributed by atoms with E-state index in [2.05, 4.69) is 0 Å². The van der Waals surface area contributed by atoms with E-state index in [1.54, 1.807) is 4.90 Å². The van der Waals surface area contributed by atoms with Gasteiger partial charge < -0.3 is 14.5 Å². The summed E-state index contributed by atoms with van der Waals surface area (Å²) in [6.45, 7) is 6.90. The van der Waals surface area contributed by atoms with Gasteiger partial charge in [0, 0.05) is 13.1 Å². The van der Waals surface area contributed by atoms with E-state index in [0.717, 1.165) is 0 Å². The SMILES string of the molecule is CN(C)CC(=O)N1CC(C(=O)OC(C)(C)C)C1. The highest BCUT2D eigenvalue weighted by Crippen LogP contribution is 2.20. The van der Waals surface area contributed by atoms with Crippen molar-refractivity contribution < 1.29 is 14.3 Å². The van der Waals surface area contributed by atoms with Crippen LogP contribution in [0.1, 0.15) is 20.8 Å². The summed E-state index contributed by atoms with van der Waals surface area (Å²) in [5, 5.41) is 0. The van der Waals surface area contributed by atoms with Crippen LogP contribution in [0.15, 0.2) is 0 Å². The summed E-state index contributed by atoms with van der Waals surface area (Å²) >= 11 is 0. The van der Waals surface area contributed by atoms with Gasteiger partial charge >= 0.3 is 5.97 Å². The second kappa shape index (κ2) is 5.04. The summed E-state index contributed by atoms with van der Waals surface area (Å²) in [7, 11) is 3.70. The zero-order chi connectivity index (χ0) is 13.2. The van der Waals surface area contributed by atoms with Crippen molar-refractivity contribution in [3.05, 3.63) is 0 Å². The number of rotatable bonds is 3. The Kier molecular flexibility index (Phi) is 4.14. The molecule has 0 N–H and O–H groups in total. The number of ether oxygens (including phenoxy) is 1. The summed E-state index contributed by atoms with van der Waals surface area (Å²) in [5.74, 6) is -0.290. The van der Waals surface area contributed by atoms with Crippen molar-refractivity contribution >= 4 is 11.9 Å². The third-order valence-corrected chi connectivity index (χ3v) is 2.43. The molecule has 5 nitrogen and oxygen atoms in total. The van der Waals surface area contributed by atoms with Crippen LogP contribution in [0.3, 0.4) is 0 Å². The summed E-state index contributed by atoms with van der Waals surface area (Å²) in [4.78, 5) is 26.8. The summed E-state index contributed by atoms with van der Waals surface area (Å²) in [6.07, 6.45) is 0. The minimum Gasteiger partial charge on any atom is -0.460 e. The molecule has 0 aliphatic carbocycles. The van der Waals surface area contributed by atoms with Crippen molar-refractivity contribution in [1.82, 2.24) is 9.80 Å². The van der Waals surface area contributed by atoms with Crippen LogP contribution in [-0.2, 0) is 14.3 Å². The molecule has 1 aliphatic rings. The Bertz CT molecular complexity index is 301. The molecule has 17 heavy (non-hydrogen) atoms. The fourth-order valence-electron chi connectivity index (χ4n) is 1.59. The summed E-state index contributed by atoms with van der Waals surface area (Å²) < 4.78 is 5.26. The van der Waals surface area contributed by atoms with Crippen LogP contribution in [0.2, 0.25) is 0 Å². The number of carbonyl (C=O) groups is 2. The minimum atomic E-state index is -0.453. The maximum Gasteiger partial charge on any atom is 0.313 e. The molecular weight excluding hydrogens is 220 g/mol. The van der Waals surface area contributed by atoms with Crippen molar-refractivity contribution in [2.75, 3.05) is 33.7 Å². The molecule has 0 radical (unpaired) electrons. The van der Waals surface area contributed by atoms with Gasteiger partial charge in [0.1, 0.15) is 5.60 Å². The van der Waals surface area contributed by atoms with E-state index in [-0.39, 0.29) is 17.8 Å². The first-order valence-corrected chi connectivity index (χ1v) is 5.84. The second-order valence-electron chi connectivity index (χ2n) is 5.77. The molecule has 0 aromatic heterocycles. The quantitative estimate of drug-likeness (QED) is 0.670. The van der Waals surface area contributed by atoms with Gasteiger partial charge in [-0.1, -0.05) is 0 Å². The summed E-state index contributed by atoms with van der Waals surface area (Å²) in [6, 6.07) is 0. The summed E-state index contributed by atoms with van der Waals surface area (Å²) in [5.41, 5.74) is -0.453. The Balaban J connectivity index is 2.32. The van der Waals surface area contributed by atoms with Gasteiger partial charge in [0.15, 0.2) is 0 Å². The van der Waals surface area contributed by atoms with E-state index >= 15 is 0 Å². The highest BCUT2D eigenvalue weighted by molar-refractivity contribution is 5.83. The molecule has 1 saturated heterocycles. The van der Waals surface area contributed by atoms with Gasteiger partial charge in [0.2, 0.25) is 5.91 Å². The van der Waals surface area contributed by atoms with Crippen LogP contribution >= 0.6 is 0 Å². The van der Waals surface area contributed by atoms with Gasteiger partial charge in [-0.15, -0.1) is 0 Å². The molecule has 0 bridgehead atoms. The van der Waals surface area contributed by atoms with Crippen molar-refractivity contribution in [2.45, 2.75) is 26.4 Å². The molecule has 98 valence electrons. The molecular formula is C12H22N2O3. The highest BCUT2D eigenvalue weighted by Gasteiger charge is 2.37. The fraction of sp³-hybridized carbons (Fsp3) is 0.833. The van der Waals surface area contributed by atoms with Gasteiger partial charge in [-0.05, 0) is 34.9 Å². The number of nitrogens with zero attached hydrogens (tertiary/aromatic N) is 2. The molecule has 1 amide bonds. The van der Waals surface area contributed by atoms with E-state index < -0.39 is 5.60 Å². The smallest absolute Gasteiger partial charge is 0.313 e. The molecule has 1 rings (SSSR count). The number of carbonyl (C=O) groups excluding carboxylic acids is 2. The Labute approximate surface area is 103 Å². The third-order valence-electron chi connectivity index (χ3n) is 2.43. The van der Waals surface area contributed by atoms with E-state index in [0.29, 0.717) is 19.6 Å². The Morgan fingerprint density at radius 1 is 1.29 bits per heavy atom. The van der Waals surface area contributed by atoms with Gasteiger partial charge in [-0.3, -0.25) is 9.59 Å². The van der Waals surface area contributed by atoms with E-state index in [1.165, 1.54) is 0 Å². The van der Waals surface area contributed by atoms with Crippen molar-refractivity contribution in [3.8, 4) is 0 Å². The largest absolute Gasteiger partial charge is 0.460 e. The molecule has 1 heterocycles. The standard InChI is InChI=1S/C12H22N2O3/c1-12(2,3)17-11(16)9-6-14(7-9)10(15)8-13(4)5/h9H,6-8H2,1-5H3. The van der Waals surface area contributed by atoms with Crippen LogP contribution in [0, 0.1) is 5.92 Å². The molecule has 1 aliphatic heterocycles. The number of likely N-dealkylation sites (tertiary alicyclic amines) is 1. The first kappa shape index (κ1) is 14.0. The molecule has 5 heteroatoms. The van der Waals surface area contributed by atoms with Crippen LogP contribution in [-0.4, -0.2) is 61.0 Å². The monoisotopic (exact) mass is 242 g/mol. The lowest BCUT2D eigenvalue weighted by atomic mass is 10.00. The van der Waals surface area contributed by atoms with Gasteiger partial charge in [0.25, 0.3) is 0 Å². The van der Waals surface area contributed by atoms with Gasteiger partial charge in [-0.25, -0.2) is 0 Å². The lowest BCUT2D eigenvalue weighted by Gasteiger charge is -2.39. The lowest BCUT2D eigenvalue weighted by molar-refractivity contribution is -0.168. The van der Waals surface area contributed by atoms with Crippen molar-refractivity contribution in [2.24, 2.45) is 5.92 Å². The number of hydrogen-bond donors (Lipinski definition) is 0.